The van der Waals surface area contributed by atoms with E-state index >= 15 is 0 Å². The van der Waals surface area contributed by atoms with Crippen LogP contribution >= 0.6 is 0 Å². The fraction of sp³-hybridized carbons (Fsp3) is 0.800. The van der Waals surface area contributed by atoms with Crippen LogP contribution in [0.4, 0.5) is 0 Å². The Hall–Kier alpha value is -1.12. The Kier molecular flexibility index (Phi) is 5.74. The van der Waals surface area contributed by atoms with E-state index < -0.39 is 0 Å². The van der Waals surface area contributed by atoms with Crippen LogP contribution in [0.1, 0.15) is 12.8 Å². The topological polar surface area (TPSA) is 74.2 Å². The highest BCUT2D eigenvalue weighted by Gasteiger charge is 2.13. The molecule has 1 aliphatic rings. The summed E-state index contributed by atoms with van der Waals surface area (Å²) in [7, 11) is 0. The molecule has 1 heterocycles. The predicted octanol–water partition coefficient (Wildman–Crippen LogP) is -0.358. The summed E-state index contributed by atoms with van der Waals surface area (Å²) < 4.78 is 5.24. The van der Waals surface area contributed by atoms with Gasteiger partial charge < -0.3 is 15.4 Å². The molecule has 5 heteroatoms. The maximum atomic E-state index is 11.1. The first kappa shape index (κ1) is 12.0. The number of carbonyl (C=O) groups excluding carboxylic acids is 1. The molecular formula is C10H17N3O2. The van der Waals surface area contributed by atoms with Crippen molar-refractivity contribution in [2.75, 3.05) is 32.8 Å². The molecule has 0 spiro atoms. The summed E-state index contributed by atoms with van der Waals surface area (Å²) in [6.45, 7) is 2.88. The van der Waals surface area contributed by atoms with Gasteiger partial charge in [0.1, 0.15) is 6.54 Å². The Morgan fingerprint density at radius 2 is 2.20 bits per heavy atom. The molecular weight excluding hydrogens is 194 g/mol. The number of nitrogens with one attached hydrogen (secondary N) is 2. The summed E-state index contributed by atoms with van der Waals surface area (Å²) in [6, 6.07) is 1.86. The number of hydrogen-bond acceptors (Lipinski definition) is 4. The molecule has 1 aliphatic heterocycles. The van der Waals surface area contributed by atoms with Crippen molar-refractivity contribution in [2.24, 2.45) is 5.92 Å². The van der Waals surface area contributed by atoms with E-state index in [1.165, 1.54) is 0 Å². The van der Waals surface area contributed by atoms with Crippen LogP contribution in [-0.2, 0) is 9.53 Å². The van der Waals surface area contributed by atoms with Gasteiger partial charge in [0.15, 0.2) is 0 Å². The predicted molar refractivity (Wildman–Crippen MR) is 55.0 cm³/mol. The lowest BCUT2D eigenvalue weighted by Gasteiger charge is -2.21. The van der Waals surface area contributed by atoms with E-state index in [-0.39, 0.29) is 12.5 Å². The molecule has 0 unspecified atom stereocenters. The molecule has 0 aromatic carbocycles. The molecule has 84 valence electrons. The van der Waals surface area contributed by atoms with Gasteiger partial charge in [0.2, 0.25) is 5.91 Å². The van der Waals surface area contributed by atoms with Gasteiger partial charge in [0, 0.05) is 13.2 Å². The average molecular weight is 211 g/mol. The summed E-state index contributed by atoms with van der Waals surface area (Å²) in [5, 5.41) is 13.8. The second-order valence-electron chi connectivity index (χ2n) is 3.62. The third-order valence-corrected chi connectivity index (χ3v) is 2.42. The van der Waals surface area contributed by atoms with E-state index in [4.69, 9.17) is 10.00 Å². The van der Waals surface area contributed by atoms with E-state index in [0.29, 0.717) is 12.5 Å². The van der Waals surface area contributed by atoms with Crippen LogP contribution in [0.25, 0.3) is 0 Å². The molecule has 0 aromatic rings. The number of nitrogens with zero attached hydrogens (tertiary/aromatic N) is 1. The summed E-state index contributed by atoms with van der Waals surface area (Å²) in [5.41, 5.74) is 0. The quantitative estimate of drug-likeness (QED) is 0.609. The number of carbonyl (C=O) groups is 1. The molecule has 0 aliphatic carbocycles. The fourth-order valence-electron chi connectivity index (χ4n) is 1.54. The standard InChI is InChI=1S/C10H17N3O2/c11-3-4-13-10(14)8-12-7-9-1-5-15-6-2-9/h9,12H,1-2,4-8H2,(H,13,14). The molecule has 1 rings (SSSR count). The summed E-state index contributed by atoms with van der Waals surface area (Å²) in [4.78, 5) is 11.1. The minimum atomic E-state index is -0.122. The van der Waals surface area contributed by atoms with Gasteiger partial charge in [-0.1, -0.05) is 0 Å². The molecule has 0 saturated carbocycles. The minimum absolute atomic E-state index is 0.0811. The largest absolute Gasteiger partial charge is 0.381 e. The summed E-state index contributed by atoms with van der Waals surface area (Å²) >= 11 is 0. The van der Waals surface area contributed by atoms with Crippen molar-refractivity contribution in [1.82, 2.24) is 10.6 Å². The molecule has 1 amide bonds. The van der Waals surface area contributed by atoms with Crippen LogP contribution in [-0.4, -0.2) is 38.8 Å². The zero-order valence-electron chi connectivity index (χ0n) is 8.79. The Balaban J connectivity index is 2.00. The SMILES string of the molecule is N#CCNC(=O)CNCC1CCOCC1. The lowest BCUT2D eigenvalue weighted by Crippen LogP contribution is -2.37. The van der Waals surface area contributed by atoms with Crippen molar-refractivity contribution in [3.63, 3.8) is 0 Å². The lowest BCUT2D eigenvalue weighted by molar-refractivity contribution is -0.120. The van der Waals surface area contributed by atoms with Crippen molar-refractivity contribution >= 4 is 5.91 Å². The Bertz CT molecular complexity index is 231. The molecule has 1 fully saturated rings. The van der Waals surface area contributed by atoms with Gasteiger partial charge in [-0.05, 0) is 25.3 Å². The molecule has 0 bridgehead atoms. The maximum absolute atomic E-state index is 11.1. The van der Waals surface area contributed by atoms with Crippen LogP contribution in [0.5, 0.6) is 0 Å². The van der Waals surface area contributed by atoms with Crippen molar-refractivity contribution in [3.8, 4) is 6.07 Å². The van der Waals surface area contributed by atoms with E-state index in [1.807, 2.05) is 6.07 Å². The van der Waals surface area contributed by atoms with Crippen molar-refractivity contribution in [2.45, 2.75) is 12.8 Å². The van der Waals surface area contributed by atoms with Crippen molar-refractivity contribution in [1.29, 1.82) is 5.26 Å². The molecule has 2 N–H and O–H groups in total. The summed E-state index contributed by atoms with van der Waals surface area (Å²) in [5.74, 6) is 0.492. The van der Waals surface area contributed by atoms with E-state index in [2.05, 4.69) is 10.6 Å². The second kappa shape index (κ2) is 7.21. The number of ether oxygens (including phenoxy) is 1. The van der Waals surface area contributed by atoms with E-state index in [0.717, 1.165) is 32.6 Å². The monoisotopic (exact) mass is 211 g/mol. The van der Waals surface area contributed by atoms with Gasteiger partial charge in [-0.2, -0.15) is 5.26 Å². The Morgan fingerprint density at radius 3 is 2.87 bits per heavy atom. The van der Waals surface area contributed by atoms with Crippen molar-refractivity contribution in [3.05, 3.63) is 0 Å². The van der Waals surface area contributed by atoms with Gasteiger partial charge in [0.25, 0.3) is 0 Å². The smallest absolute Gasteiger partial charge is 0.234 e. The van der Waals surface area contributed by atoms with Crippen molar-refractivity contribution < 1.29 is 9.53 Å². The van der Waals surface area contributed by atoms with Crippen LogP contribution in [0.15, 0.2) is 0 Å². The molecule has 0 radical (unpaired) electrons. The highest BCUT2D eigenvalue weighted by molar-refractivity contribution is 5.78. The minimum Gasteiger partial charge on any atom is -0.381 e. The molecule has 15 heavy (non-hydrogen) atoms. The van der Waals surface area contributed by atoms with Gasteiger partial charge >= 0.3 is 0 Å². The summed E-state index contributed by atoms with van der Waals surface area (Å²) in [6.07, 6.45) is 2.12. The van der Waals surface area contributed by atoms with Crippen LogP contribution in [0.3, 0.4) is 0 Å². The van der Waals surface area contributed by atoms with E-state index in [1.54, 1.807) is 0 Å². The molecule has 0 aromatic heterocycles. The molecule has 0 atom stereocenters. The first-order valence-corrected chi connectivity index (χ1v) is 5.25. The normalized spacial score (nSPS) is 17.0. The molecule has 5 nitrogen and oxygen atoms in total. The van der Waals surface area contributed by atoms with Gasteiger partial charge in [0.05, 0.1) is 12.6 Å². The zero-order chi connectivity index (χ0) is 10.9. The number of hydrogen-bond donors (Lipinski definition) is 2. The van der Waals surface area contributed by atoms with E-state index in [9.17, 15) is 4.79 Å². The fourth-order valence-corrected chi connectivity index (χ4v) is 1.54. The highest BCUT2D eigenvalue weighted by Crippen LogP contribution is 2.12. The third-order valence-electron chi connectivity index (χ3n) is 2.42. The Morgan fingerprint density at radius 1 is 1.47 bits per heavy atom. The molecule has 1 saturated heterocycles. The van der Waals surface area contributed by atoms with Gasteiger partial charge in [-0.3, -0.25) is 4.79 Å². The highest BCUT2D eigenvalue weighted by atomic mass is 16.5. The lowest BCUT2D eigenvalue weighted by atomic mass is 10.0. The third kappa shape index (κ3) is 5.35. The number of amides is 1. The van der Waals surface area contributed by atoms with Gasteiger partial charge in [-0.25, -0.2) is 0 Å². The first-order valence-electron chi connectivity index (χ1n) is 5.25. The average Bonchev–Trinajstić information content (AvgIpc) is 2.28. The van der Waals surface area contributed by atoms with Crippen LogP contribution in [0.2, 0.25) is 0 Å². The number of rotatable bonds is 5. The van der Waals surface area contributed by atoms with Crippen LogP contribution < -0.4 is 10.6 Å². The van der Waals surface area contributed by atoms with Crippen LogP contribution in [0, 0.1) is 17.2 Å². The zero-order valence-corrected chi connectivity index (χ0v) is 8.79. The Labute approximate surface area is 89.8 Å². The maximum Gasteiger partial charge on any atom is 0.234 e. The number of nitriles is 1. The first-order chi connectivity index (χ1) is 7.33. The second-order valence-corrected chi connectivity index (χ2v) is 3.62. The van der Waals surface area contributed by atoms with Gasteiger partial charge in [-0.15, -0.1) is 0 Å².